The largest absolute Gasteiger partial charge is 0.351 e. The molecule has 0 bridgehead atoms. The molecule has 0 atom stereocenters. The van der Waals surface area contributed by atoms with Crippen LogP contribution in [-0.2, 0) is 13.5 Å². The summed E-state index contributed by atoms with van der Waals surface area (Å²) in [5, 5.41) is 15.5. The molecule has 0 aromatic carbocycles. The lowest BCUT2D eigenvalue weighted by Gasteiger charge is -2.31. The van der Waals surface area contributed by atoms with Crippen LogP contribution in [0.4, 0.5) is 11.5 Å². The standard InChI is InChI=1S/C12H20N4O2/c1-4-10-11(16(17)18)12(14(3)13-10)15-7-5-9(2)6-8-15/h9H,4-8H2,1-3H3. The number of nitrogens with zero attached hydrogens (tertiary/aromatic N) is 4. The van der Waals surface area contributed by atoms with Crippen LogP contribution in [0.2, 0.25) is 0 Å². The van der Waals surface area contributed by atoms with Crippen LogP contribution in [0.1, 0.15) is 32.4 Å². The van der Waals surface area contributed by atoms with Gasteiger partial charge < -0.3 is 4.90 Å². The van der Waals surface area contributed by atoms with Crippen molar-refractivity contribution in [1.29, 1.82) is 0 Å². The highest BCUT2D eigenvalue weighted by Gasteiger charge is 2.31. The third-order valence-electron chi connectivity index (χ3n) is 3.66. The predicted octanol–water partition coefficient (Wildman–Crippen LogP) is 2.13. The number of hydrogen-bond acceptors (Lipinski definition) is 4. The third-order valence-corrected chi connectivity index (χ3v) is 3.66. The van der Waals surface area contributed by atoms with Gasteiger partial charge in [0, 0.05) is 20.1 Å². The van der Waals surface area contributed by atoms with E-state index >= 15 is 0 Å². The van der Waals surface area contributed by atoms with E-state index in [1.165, 1.54) is 0 Å². The van der Waals surface area contributed by atoms with Gasteiger partial charge in [-0.2, -0.15) is 5.10 Å². The quantitative estimate of drug-likeness (QED) is 0.610. The van der Waals surface area contributed by atoms with Crippen LogP contribution < -0.4 is 4.90 Å². The highest BCUT2D eigenvalue weighted by molar-refractivity contribution is 5.61. The molecule has 0 radical (unpaired) electrons. The Labute approximate surface area is 107 Å². The number of aryl methyl sites for hydroxylation is 2. The normalized spacial score (nSPS) is 17.2. The minimum atomic E-state index is -0.292. The lowest BCUT2D eigenvalue weighted by atomic mass is 9.99. The Morgan fingerprint density at radius 1 is 1.44 bits per heavy atom. The van der Waals surface area contributed by atoms with E-state index in [0.717, 1.165) is 25.9 Å². The minimum absolute atomic E-state index is 0.189. The van der Waals surface area contributed by atoms with E-state index in [0.29, 0.717) is 23.9 Å². The van der Waals surface area contributed by atoms with Crippen molar-refractivity contribution in [3.8, 4) is 0 Å². The van der Waals surface area contributed by atoms with Gasteiger partial charge in [0.2, 0.25) is 5.82 Å². The fraction of sp³-hybridized carbons (Fsp3) is 0.750. The van der Waals surface area contributed by atoms with Crippen molar-refractivity contribution in [3.63, 3.8) is 0 Å². The zero-order chi connectivity index (χ0) is 13.3. The zero-order valence-corrected chi connectivity index (χ0v) is 11.2. The first-order valence-electron chi connectivity index (χ1n) is 6.49. The molecule has 6 nitrogen and oxygen atoms in total. The van der Waals surface area contributed by atoms with Crippen LogP contribution in [0.5, 0.6) is 0 Å². The number of nitro groups is 1. The molecular formula is C12H20N4O2. The Morgan fingerprint density at radius 3 is 2.56 bits per heavy atom. The van der Waals surface area contributed by atoms with Gasteiger partial charge in [-0.3, -0.25) is 10.1 Å². The molecule has 2 rings (SSSR count). The topological polar surface area (TPSA) is 64.2 Å². The van der Waals surface area contributed by atoms with Crippen molar-refractivity contribution in [3.05, 3.63) is 15.8 Å². The maximum atomic E-state index is 11.2. The molecule has 100 valence electrons. The molecule has 1 saturated heterocycles. The molecule has 0 unspecified atom stereocenters. The molecule has 18 heavy (non-hydrogen) atoms. The molecule has 1 fully saturated rings. The second-order valence-corrected chi connectivity index (χ2v) is 5.02. The van der Waals surface area contributed by atoms with Crippen LogP contribution in [0.3, 0.4) is 0 Å². The maximum absolute atomic E-state index is 11.2. The second kappa shape index (κ2) is 4.96. The molecule has 0 amide bonds. The SMILES string of the molecule is CCc1nn(C)c(N2CCC(C)CC2)c1[N+](=O)[O-]. The first-order chi connectivity index (χ1) is 8.54. The van der Waals surface area contributed by atoms with E-state index in [1.807, 2.05) is 6.92 Å². The third kappa shape index (κ3) is 2.19. The Hall–Kier alpha value is -1.59. The molecule has 6 heteroatoms. The van der Waals surface area contributed by atoms with Crippen LogP contribution >= 0.6 is 0 Å². The number of anilines is 1. The Balaban J connectivity index is 2.37. The predicted molar refractivity (Wildman–Crippen MR) is 69.9 cm³/mol. The van der Waals surface area contributed by atoms with Crippen molar-refractivity contribution in [2.24, 2.45) is 13.0 Å². The monoisotopic (exact) mass is 252 g/mol. The van der Waals surface area contributed by atoms with Crippen LogP contribution in [0, 0.1) is 16.0 Å². The minimum Gasteiger partial charge on any atom is -0.351 e. The van der Waals surface area contributed by atoms with Gasteiger partial charge >= 0.3 is 5.69 Å². The Bertz CT molecular complexity index is 447. The fourth-order valence-electron chi connectivity index (χ4n) is 2.56. The molecule has 0 saturated carbocycles. The van der Waals surface area contributed by atoms with Crippen LogP contribution in [-0.4, -0.2) is 27.8 Å². The number of hydrogen-bond donors (Lipinski definition) is 0. The van der Waals surface area contributed by atoms with Gasteiger partial charge in [0.1, 0.15) is 5.69 Å². The lowest BCUT2D eigenvalue weighted by molar-refractivity contribution is -0.384. The van der Waals surface area contributed by atoms with Crippen molar-refractivity contribution < 1.29 is 4.92 Å². The molecule has 0 spiro atoms. The van der Waals surface area contributed by atoms with Crippen molar-refractivity contribution >= 4 is 11.5 Å². The van der Waals surface area contributed by atoms with Gasteiger partial charge in [0.05, 0.1) is 4.92 Å². The Morgan fingerprint density at radius 2 is 2.06 bits per heavy atom. The van der Waals surface area contributed by atoms with Crippen LogP contribution in [0.25, 0.3) is 0 Å². The summed E-state index contributed by atoms with van der Waals surface area (Å²) in [5.74, 6) is 1.38. The first kappa shape index (κ1) is 12.9. The van der Waals surface area contributed by atoms with E-state index in [1.54, 1.807) is 11.7 Å². The molecule has 2 heterocycles. The Kier molecular flexibility index (Phi) is 3.54. The van der Waals surface area contributed by atoms with Gasteiger partial charge in [-0.05, 0) is 25.2 Å². The summed E-state index contributed by atoms with van der Waals surface area (Å²) in [7, 11) is 1.79. The number of rotatable bonds is 3. The molecule has 1 aliphatic rings. The van der Waals surface area contributed by atoms with Crippen molar-refractivity contribution in [2.75, 3.05) is 18.0 Å². The summed E-state index contributed by atoms with van der Waals surface area (Å²) in [6.45, 7) is 5.89. The fourth-order valence-corrected chi connectivity index (χ4v) is 2.56. The molecule has 0 aliphatic carbocycles. The number of piperidine rings is 1. The van der Waals surface area contributed by atoms with Crippen molar-refractivity contribution in [1.82, 2.24) is 9.78 Å². The summed E-state index contributed by atoms with van der Waals surface area (Å²) >= 11 is 0. The van der Waals surface area contributed by atoms with Gasteiger partial charge in [-0.1, -0.05) is 13.8 Å². The summed E-state index contributed by atoms with van der Waals surface area (Å²) in [6.07, 6.45) is 2.77. The molecular weight excluding hydrogens is 232 g/mol. The highest BCUT2D eigenvalue weighted by atomic mass is 16.6. The van der Waals surface area contributed by atoms with Gasteiger partial charge in [-0.15, -0.1) is 0 Å². The van der Waals surface area contributed by atoms with Gasteiger partial charge in [-0.25, -0.2) is 4.68 Å². The van der Waals surface area contributed by atoms with E-state index in [9.17, 15) is 10.1 Å². The molecule has 1 aliphatic heterocycles. The first-order valence-corrected chi connectivity index (χ1v) is 6.49. The van der Waals surface area contributed by atoms with Crippen molar-refractivity contribution in [2.45, 2.75) is 33.1 Å². The van der Waals surface area contributed by atoms with Crippen LogP contribution in [0.15, 0.2) is 0 Å². The molecule has 1 aromatic heterocycles. The summed E-state index contributed by atoms with van der Waals surface area (Å²) < 4.78 is 1.66. The van der Waals surface area contributed by atoms with E-state index in [4.69, 9.17) is 0 Å². The summed E-state index contributed by atoms with van der Waals surface area (Å²) in [5.41, 5.74) is 0.769. The highest BCUT2D eigenvalue weighted by Crippen LogP contribution is 2.33. The van der Waals surface area contributed by atoms with E-state index in [-0.39, 0.29) is 10.6 Å². The van der Waals surface area contributed by atoms with Gasteiger partial charge in [0.15, 0.2) is 0 Å². The average molecular weight is 252 g/mol. The maximum Gasteiger partial charge on any atom is 0.334 e. The summed E-state index contributed by atoms with van der Waals surface area (Å²) in [4.78, 5) is 13.1. The molecule has 0 N–H and O–H groups in total. The summed E-state index contributed by atoms with van der Waals surface area (Å²) in [6, 6.07) is 0. The second-order valence-electron chi connectivity index (χ2n) is 5.02. The molecule has 1 aromatic rings. The zero-order valence-electron chi connectivity index (χ0n) is 11.2. The number of aromatic nitrogens is 2. The van der Waals surface area contributed by atoms with Gasteiger partial charge in [0.25, 0.3) is 0 Å². The van der Waals surface area contributed by atoms with E-state index in [2.05, 4.69) is 16.9 Å². The smallest absolute Gasteiger partial charge is 0.334 e. The van der Waals surface area contributed by atoms with E-state index < -0.39 is 0 Å². The average Bonchev–Trinajstić information content (AvgIpc) is 2.67. The lowest BCUT2D eigenvalue weighted by Crippen LogP contribution is -2.34.